The normalized spacial score (nSPS) is 33.4. The van der Waals surface area contributed by atoms with Crippen LogP contribution < -0.4 is 0 Å². The van der Waals surface area contributed by atoms with Crippen molar-refractivity contribution in [3.63, 3.8) is 0 Å². The van der Waals surface area contributed by atoms with Crippen LogP contribution in [0, 0.1) is 5.92 Å². The molecule has 0 saturated carbocycles. The molecule has 3 fully saturated rings. The van der Waals surface area contributed by atoms with Gasteiger partial charge in [-0.3, -0.25) is 9.69 Å². The Morgan fingerprint density at radius 1 is 1.22 bits per heavy atom. The minimum atomic E-state index is 0.190. The molecule has 0 aromatic rings. The molecule has 18 heavy (non-hydrogen) atoms. The maximum atomic E-state index is 12.4. The topological polar surface area (TPSA) is 45.3 Å². The molecule has 3 saturated heterocycles. The van der Waals surface area contributed by atoms with Gasteiger partial charge in [-0.05, 0) is 19.4 Å². The molecule has 0 unspecified atom stereocenters. The lowest BCUT2D eigenvalue weighted by molar-refractivity contribution is -0.141. The SMILES string of the molecule is O=C([C@H]1CCCN(C[C@H]2CO2)C1)N1CCOCC1. The quantitative estimate of drug-likeness (QED) is 0.663. The zero-order chi connectivity index (χ0) is 12.4. The molecule has 0 aromatic carbocycles. The Hall–Kier alpha value is -0.650. The summed E-state index contributed by atoms with van der Waals surface area (Å²) in [6, 6.07) is 0. The summed E-state index contributed by atoms with van der Waals surface area (Å²) in [5, 5.41) is 0. The van der Waals surface area contributed by atoms with E-state index in [2.05, 4.69) is 4.90 Å². The van der Waals surface area contributed by atoms with Gasteiger partial charge >= 0.3 is 0 Å². The molecule has 3 aliphatic rings. The number of carbonyl (C=O) groups is 1. The third-order valence-electron chi connectivity index (χ3n) is 4.04. The average Bonchev–Trinajstić information content (AvgIpc) is 3.23. The van der Waals surface area contributed by atoms with Gasteiger partial charge in [-0.1, -0.05) is 0 Å². The molecule has 5 heteroatoms. The van der Waals surface area contributed by atoms with Crippen LogP contribution in [0.2, 0.25) is 0 Å². The first-order chi connectivity index (χ1) is 8.83. The molecule has 3 aliphatic heterocycles. The summed E-state index contributed by atoms with van der Waals surface area (Å²) in [4.78, 5) is 16.8. The molecular formula is C13H22N2O3. The molecule has 0 radical (unpaired) electrons. The number of rotatable bonds is 3. The Kier molecular flexibility index (Phi) is 3.82. The number of hydrogen-bond acceptors (Lipinski definition) is 4. The second-order valence-corrected chi connectivity index (χ2v) is 5.49. The summed E-state index contributed by atoms with van der Waals surface area (Å²) in [5.41, 5.74) is 0. The van der Waals surface area contributed by atoms with Gasteiger partial charge in [0.05, 0.1) is 31.8 Å². The third-order valence-corrected chi connectivity index (χ3v) is 4.04. The van der Waals surface area contributed by atoms with Crippen LogP contribution in [0.25, 0.3) is 0 Å². The summed E-state index contributed by atoms with van der Waals surface area (Å²) < 4.78 is 10.6. The number of likely N-dealkylation sites (tertiary alicyclic amines) is 1. The van der Waals surface area contributed by atoms with Crippen molar-refractivity contribution in [1.29, 1.82) is 0 Å². The molecule has 0 N–H and O–H groups in total. The van der Waals surface area contributed by atoms with E-state index in [9.17, 15) is 4.79 Å². The lowest BCUT2D eigenvalue weighted by atomic mass is 9.96. The fourth-order valence-electron chi connectivity index (χ4n) is 2.93. The van der Waals surface area contributed by atoms with Crippen LogP contribution in [0.3, 0.4) is 0 Å². The first-order valence-corrected chi connectivity index (χ1v) is 7.03. The monoisotopic (exact) mass is 254 g/mol. The van der Waals surface area contributed by atoms with E-state index >= 15 is 0 Å². The van der Waals surface area contributed by atoms with Crippen molar-refractivity contribution in [2.45, 2.75) is 18.9 Å². The number of piperidine rings is 1. The second-order valence-electron chi connectivity index (χ2n) is 5.49. The van der Waals surface area contributed by atoms with Crippen molar-refractivity contribution in [2.24, 2.45) is 5.92 Å². The predicted molar refractivity (Wildman–Crippen MR) is 66.3 cm³/mol. The molecule has 1 amide bonds. The van der Waals surface area contributed by atoms with Gasteiger partial charge in [-0.25, -0.2) is 0 Å². The van der Waals surface area contributed by atoms with Gasteiger partial charge in [0.2, 0.25) is 5.91 Å². The molecule has 5 nitrogen and oxygen atoms in total. The Labute approximate surface area is 108 Å². The second kappa shape index (κ2) is 5.55. The summed E-state index contributed by atoms with van der Waals surface area (Å²) in [5.74, 6) is 0.523. The minimum Gasteiger partial charge on any atom is -0.378 e. The minimum absolute atomic E-state index is 0.190. The zero-order valence-corrected chi connectivity index (χ0v) is 10.8. The van der Waals surface area contributed by atoms with Gasteiger partial charge in [0.25, 0.3) is 0 Å². The van der Waals surface area contributed by atoms with Gasteiger partial charge < -0.3 is 14.4 Å². The Morgan fingerprint density at radius 3 is 2.72 bits per heavy atom. The molecule has 0 aromatic heterocycles. The van der Waals surface area contributed by atoms with Crippen molar-refractivity contribution in [3.05, 3.63) is 0 Å². The molecule has 0 spiro atoms. The number of hydrogen-bond donors (Lipinski definition) is 0. The third kappa shape index (κ3) is 3.02. The zero-order valence-electron chi connectivity index (χ0n) is 10.8. The van der Waals surface area contributed by atoms with E-state index in [1.54, 1.807) is 0 Å². The van der Waals surface area contributed by atoms with E-state index in [4.69, 9.17) is 9.47 Å². The van der Waals surface area contributed by atoms with Crippen molar-refractivity contribution in [2.75, 3.05) is 52.5 Å². The van der Waals surface area contributed by atoms with Crippen molar-refractivity contribution < 1.29 is 14.3 Å². The van der Waals surface area contributed by atoms with Crippen LogP contribution in [0.1, 0.15) is 12.8 Å². The highest BCUT2D eigenvalue weighted by Gasteiger charge is 2.33. The standard InChI is InChI=1S/C13H22N2O3/c16-13(15-4-6-17-7-5-15)11-2-1-3-14(8-11)9-12-10-18-12/h11-12H,1-10H2/t11-,12-/m0/s1. The number of epoxide rings is 1. The predicted octanol–water partition coefficient (Wildman–Crippen LogP) is -0.0440. The van der Waals surface area contributed by atoms with Gasteiger partial charge in [0.15, 0.2) is 0 Å². The maximum absolute atomic E-state index is 12.4. The number of morpholine rings is 1. The van der Waals surface area contributed by atoms with E-state index in [1.165, 1.54) is 0 Å². The van der Waals surface area contributed by atoms with E-state index in [-0.39, 0.29) is 5.92 Å². The molecule has 0 bridgehead atoms. The summed E-state index contributed by atoms with van der Waals surface area (Å²) in [6.07, 6.45) is 2.60. The molecule has 102 valence electrons. The highest BCUT2D eigenvalue weighted by Crippen LogP contribution is 2.21. The first-order valence-electron chi connectivity index (χ1n) is 7.03. The summed E-state index contributed by atoms with van der Waals surface area (Å²) >= 11 is 0. The first kappa shape index (κ1) is 12.4. The van der Waals surface area contributed by atoms with Crippen LogP contribution in [-0.2, 0) is 14.3 Å². The van der Waals surface area contributed by atoms with E-state index in [0.717, 1.165) is 52.2 Å². The van der Waals surface area contributed by atoms with Crippen LogP contribution >= 0.6 is 0 Å². The van der Waals surface area contributed by atoms with Gasteiger partial charge in [0.1, 0.15) is 0 Å². The molecule has 0 aliphatic carbocycles. The van der Waals surface area contributed by atoms with E-state index < -0.39 is 0 Å². The van der Waals surface area contributed by atoms with Crippen LogP contribution in [0.15, 0.2) is 0 Å². The number of amides is 1. The number of nitrogens with zero attached hydrogens (tertiary/aromatic N) is 2. The van der Waals surface area contributed by atoms with E-state index in [1.807, 2.05) is 4.90 Å². The Bertz CT molecular complexity index is 301. The average molecular weight is 254 g/mol. The van der Waals surface area contributed by atoms with Crippen molar-refractivity contribution in [1.82, 2.24) is 9.80 Å². The molecule has 3 rings (SSSR count). The molecule has 2 atom stereocenters. The molecule has 3 heterocycles. The smallest absolute Gasteiger partial charge is 0.227 e. The van der Waals surface area contributed by atoms with Crippen LogP contribution in [0.4, 0.5) is 0 Å². The molecular weight excluding hydrogens is 232 g/mol. The maximum Gasteiger partial charge on any atom is 0.227 e. The number of carbonyl (C=O) groups excluding carboxylic acids is 1. The van der Waals surface area contributed by atoms with Crippen molar-refractivity contribution in [3.8, 4) is 0 Å². The summed E-state index contributed by atoms with van der Waals surface area (Å²) in [6.45, 7) is 6.85. The highest BCUT2D eigenvalue weighted by atomic mass is 16.6. The fraction of sp³-hybridized carbons (Fsp3) is 0.923. The van der Waals surface area contributed by atoms with Crippen LogP contribution in [-0.4, -0.2) is 74.4 Å². The van der Waals surface area contributed by atoms with Crippen molar-refractivity contribution >= 4 is 5.91 Å². The van der Waals surface area contributed by atoms with Gasteiger partial charge in [-0.15, -0.1) is 0 Å². The Balaban J connectivity index is 1.51. The fourth-order valence-corrected chi connectivity index (χ4v) is 2.93. The largest absolute Gasteiger partial charge is 0.378 e. The lowest BCUT2D eigenvalue weighted by Crippen LogP contribution is -2.48. The Morgan fingerprint density at radius 2 is 2.00 bits per heavy atom. The van der Waals surface area contributed by atoms with Crippen LogP contribution in [0.5, 0.6) is 0 Å². The number of ether oxygens (including phenoxy) is 2. The summed E-state index contributed by atoms with van der Waals surface area (Å²) in [7, 11) is 0. The van der Waals surface area contributed by atoms with Gasteiger partial charge in [-0.2, -0.15) is 0 Å². The lowest BCUT2D eigenvalue weighted by Gasteiger charge is -2.36. The van der Waals surface area contributed by atoms with Gasteiger partial charge in [0, 0.05) is 26.2 Å². The van der Waals surface area contributed by atoms with E-state index in [0.29, 0.717) is 25.2 Å². The highest BCUT2D eigenvalue weighted by molar-refractivity contribution is 5.79.